The zero-order chi connectivity index (χ0) is 22.8. The molecule has 1 fully saturated rings. The number of nitrogens with zero attached hydrogens (tertiary/aromatic N) is 6. The van der Waals surface area contributed by atoms with Crippen LogP contribution in [0, 0.1) is 13.8 Å². The quantitative estimate of drug-likeness (QED) is 0.421. The largest absolute Gasteiger partial charge is 0.368 e. The van der Waals surface area contributed by atoms with Crippen LogP contribution in [-0.2, 0) is 5.75 Å². The van der Waals surface area contributed by atoms with Gasteiger partial charge < -0.3 is 9.80 Å². The number of aryl methyl sites for hydroxylation is 2. The van der Waals surface area contributed by atoms with Crippen LogP contribution in [0.1, 0.15) is 27.3 Å². The lowest BCUT2D eigenvalue weighted by Crippen LogP contribution is -2.49. The van der Waals surface area contributed by atoms with Crippen molar-refractivity contribution >= 4 is 29.1 Å². The molecule has 3 heterocycles. The molecule has 0 saturated carbocycles. The topological polar surface area (TPSA) is 66.6 Å². The number of piperazine rings is 1. The average molecular weight is 459 g/mol. The third kappa shape index (κ3) is 4.57. The average Bonchev–Trinajstić information content (AvgIpc) is 3.26. The molecule has 0 radical (unpaired) electrons. The Morgan fingerprint density at radius 1 is 0.939 bits per heavy atom. The monoisotopic (exact) mass is 458 g/mol. The lowest BCUT2D eigenvalue weighted by molar-refractivity contribution is 0.0746. The molecular formula is C25H26N6OS. The van der Waals surface area contributed by atoms with E-state index in [2.05, 4.69) is 44.2 Å². The predicted octanol–water partition coefficient (Wildman–Crippen LogP) is 4.00. The highest BCUT2D eigenvalue weighted by atomic mass is 32.2. The molecule has 7 nitrogen and oxygen atoms in total. The smallest absolute Gasteiger partial charge is 0.254 e. The fourth-order valence-corrected chi connectivity index (χ4v) is 5.01. The summed E-state index contributed by atoms with van der Waals surface area (Å²) in [5.41, 5.74) is 4.89. The molecule has 0 aliphatic carbocycles. The SMILES string of the molecule is Cc1cc(C)n2nc(SCc3ccccc3C(=O)N3CCN(c4ccccc4)CC3)nc2n1. The number of para-hydroxylation sites is 1. The van der Waals surface area contributed by atoms with Crippen LogP contribution in [0.25, 0.3) is 5.78 Å². The fourth-order valence-electron chi connectivity index (χ4n) is 4.18. The van der Waals surface area contributed by atoms with Crippen LogP contribution in [0.2, 0.25) is 0 Å². The lowest BCUT2D eigenvalue weighted by atomic mass is 10.1. The van der Waals surface area contributed by atoms with Gasteiger partial charge in [-0.2, -0.15) is 4.98 Å². The Labute approximate surface area is 197 Å². The maximum atomic E-state index is 13.4. The van der Waals surface area contributed by atoms with Gasteiger partial charge >= 0.3 is 0 Å². The van der Waals surface area contributed by atoms with Gasteiger partial charge in [-0.15, -0.1) is 5.10 Å². The summed E-state index contributed by atoms with van der Waals surface area (Å²) in [5.74, 6) is 1.33. The van der Waals surface area contributed by atoms with Crippen molar-refractivity contribution in [2.24, 2.45) is 0 Å². The Hall–Kier alpha value is -3.39. The van der Waals surface area contributed by atoms with Crippen LogP contribution in [-0.4, -0.2) is 56.6 Å². The molecule has 1 amide bonds. The minimum absolute atomic E-state index is 0.0926. The number of anilines is 1. The van der Waals surface area contributed by atoms with Gasteiger partial charge in [0.25, 0.3) is 11.7 Å². The Kier molecular flexibility index (Phi) is 6.00. The van der Waals surface area contributed by atoms with Crippen molar-refractivity contribution in [1.29, 1.82) is 0 Å². The number of hydrogen-bond acceptors (Lipinski definition) is 6. The predicted molar refractivity (Wildman–Crippen MR) is 131 cm³/mol. The van der Waals surface area contributed by atoms with E-state index in [9.17, 15) is 4.79 Å². The maximum Gasteiger partial charge on any atom is 0.254 e. The second-order valence-electron chi connectivity index (χ2n) is 8.21. The number of fused-ring (bicyclic) bond motifs is 1. The summed E-state index contributed by atoms with van der Waals surface area (Å²) >= 11 is 1.53. The molecule has 0 unspecified atom stereocenters. The van der Waals surface area contributed by atoms with Gasteiger partial charge in [0, 0.05) is 54.6 Å². The molecule has 0 spiro atoms. The summed E-state index contributed by atoms with van der Waals surface area (Å²) < 4.78 is 1.76. The number of thioether (sulfide) groups is 1. The highest BCUT2D eigenvalue weighted by molar-refractivity contribution is 7.98. The normalized spacial score (nSPS) is 14.1. The molecule has 33 heavy (non-hydrogen) atoms. The number of carbonyl (C=O) groups is 1. The van der Waals surface area contributed by atoms with E-state index in [0.717, 1.165) is 35.6 Å². The highest BCUT2D eigenvalue weighted by Crippen LogP contribution is 2.24. The van der Waals surface area contributed by atoms with Gasteiger partial charge in [-0.05, 0) is 43.7 Å². The van der Waals surface area contributed by atoms with Crippen molar-refractivity contribution in [3.8, 4) is 0 Å². The van der Waals surface area contributed by atoms with E-state index in [1.807, 2.05) is 55.1 Å². The second-order valence-corrected chi connectivity index (χ2v) is 9.15. The Morgan fingerprint density at radius 3 is 2.45 bits per heavy atom. The van der Waals surface area contributed by atoms with Crippen molar-refractivity contribution in [3.63, 3.8) is 0 Å². The molecule has 5 rings (SSSR count). The summed E-state index contributed by atoms with van der Waals surface area (Å²) in [7, 11) is 0. The van der Waals surface area contributed by atoms with Gasteiger partial charge in [-0.25, -0.2) is 9.50 Å². The summed E-state index contributed by atoms with van der Waals surface area (Å²) in [6.45, 7) is 7.06. The molecule has 2 aromatic carbocycles. The summed E-state index contributed by atoms with van der Waals surface area (Å²) in [6, 6.07) is 20.2. The number of amides is 1. The van der Waals surface area contributed by atoms with E-state index in [4.69, 9.17) is 0 Å². The first-order valence-corrected chi connectivity index (χ1v) is 12.1. The van der Waals surface area contributed by atoms with Gasteiger partial charge in [-0.1, -0.05) is 48.2 Å². The van der Waals surface area contributed by atoms with Crippen molar-refractivity contribution in [2.75, 3.05) is 31.1 Å². The molecule has 1 aliphatic rings. The molecule has 1 saturated heterocycles. The summed E-state index contributed by atoms with van der Waals surface area (Å²) in [6.07, 6.45) is 0. The van der Waals surface area contributed by atoms with Crippen molar-refractivity contribution in [3.05, 3.63) is 83.2 Å². The Bertz CT molecular complexity index is 1280. The lowest BCUT2D eigenvalue weighted by Gasteiger charge is -2.36. The first kappa shape index (κ1) is 21.5. The van der Waals surface area contributed by atoms with E-state index >= 15 is 0 Å². The molecular weight excluding hydrogens is 432 g/mol. The molecule has 1 aliphatic heterocycles. The van der Waals surface area contributed by atoms with Crippen LogP contribution in [0.3, 0.4) is 0 Å². The second kappa shape index (κ2) is 9.23. The van der Waals surface area contributed by atoms with Crippen molar-refractivity contribution < 1.29 is 4.79 Å². The van der Waals surface area contributed by atoms with E-state index in [1.54, 1.807) is 4.52 Å². The first-order valence-electron chi connectivity index (χ1n) is 11.1. The number of hydrogen-bond donors (Lipinski definition) is 0. The molecule has 0 N–H and O–H groups in total. The minimum atomic E-state index is 0.0926. The van der Waals surface area contributed by atoms with Crippen LogP contribution in [0.15, 0.2) is 65.8 Å². The standard InChI is InChI=1S/C25H26N6OS/c1-18-16-19(2)31-24(26-18)27-25(28-31)33-17-20-8-6-7-11-22(20)23(32)30-14-12-29(13-15-30)21-9-4-3-5-10-21/h3-11,16H,12-15,17H2,1-2H3. The molecule has 0 bridgehead atoms. The molecule has 0 atom stereocenters. The number of benzene rings is 2. The van der Waals surface area contributed by atoms with Crippen LogP contribution < -0.4 is 4.90 Å². The molecule has 2 aromatic heterocycles. The van der Waals surface area contributed by atoms with Gasteiger partial charge in [0.15, 0.2) is 0 Å². The fraction of sp³-hybridized carbons (Fsp3) is 0.280. The molecule has 8 heteroatoms. The van der Waals surface area contributed by atoms with Gasteiger partial charge in [-0.3, -0.25) is 4.79 Å². The summed E-state index contributed by atoms with van der Waals surface area (Å²) in [4.78, 5) is 26.7. The van der Waals surface area contributed by atoms with E-state index < -0.39 is 0 Å². The number of rotatable bonds is 5. The van der Waals surface area contributed by atoms with Crippen LogP contribution in [0.4, 0.5) is 5.69 Å². The maximum absolute atomic E-state index is 13.4. The van der Waals surface area contributed by atoms with Crippen molar-refractivity contribution in [2.45, 2.75) is 24.8 Å². The van der Waals surface area contributed by atoms with Gasteiger partial charge in [0.1, 0.15) is 0 Å². The van der Waals surface area contributed by atoms with Crippen LogP contribution in [0.5, 0.6) is 0 Å². The number of aromatic nitrogens is 4. The third-order valence-corrected chi connectivity index (χ3v) is 6.78. The van der Waals surface area contributed by atoms with E-state index in [-0.39, 0.29) is 5.91 Å². The zero-order valence-electron chi connectivity index (χ0n) is 18.8. The Balaban J connectivity index is 1.27. The van der Waals surface area contributed by atoms with Crippen molar-refractivity contribution in [1.82, 2.24) is 24.5 Å². The number of carbonyl (C=O) groups excluding carboxylic acids is 1. The van der Waals surface area contributed by atoms with E-state index in [0.29, 0.717) is 29.8 Å². The van der Waals surface area contributed by atoms with Gasteiger partial charge in [0.2, 0.25) is 5.16 Å². The first-order chi connectivity index (χ1) is 16.1. The third-order valence-electron chi connectivity index (χ3n) is 5.89. The molecule has 4 aromatic rings. The van der Waals surface area contributed by atoms with Gasteiger partial charge in [0.05, 0.1) is 0 Å². The zero-order valence-corrected chi connectivity index (χ0v) is 19.6. The highest BCUT2D eigenvalue weighted by Gasteiger charge is 2.24. The molecule has 168 valence electrons. The Morgan fingerprint density at radius 2 is 1.67 bits per heavy atom. The minimum Gasteiger partial charge on any atom is -0.368 e. The van der Waals surface area contributed by atoms with E-state index in [1.165, 1.54) is 17.4 Å². The van der Waals surface area contributed by atoms with Crippen LogP contribution >= 0.6 is 11.8 Å². The summed E-state index contributed by atoms with van der Waals surface area (Å²) in [5, 5.41) is 5.24.